The Balaban J connectivity index is 1.43. The second-order valence-corrected chi connectivity index (χ2v) is 9.32. The van der Waals surface area contributed by atoms with Gasteiger partial charge in [0.1, 0.15) is 0 Å². The Kier molecular flexibility index (Phi) is 5.49. The molecule has 6 rings (SSSR count). The smallest absolute Gasteiger partial charge is 0.220 e. The highest BCUT2D eigenvalue weighted by Gasteiger charge is 2.27. The summed E-state index contributed by atoms with van der Waals surface area (Å²) in [7, 11) is 0. The largest absolute Gasteiger partial charge is 0.395 e. The zero-order chi connectivity index (χ0) is 23.1. The molecule has 1 fully saturated rings. The quantitative estimate of drug-likeness (QED) is 0.425. The molecule has 0 saturated carbocycles. The minimum Gasteiger partial charge on any atom is -0.395 e. The van der Waals surface area contributed by atoms with E-state index in [4.69, 9.17) is 10.7 Å². The fourth-order valence-corrected chi connectivity index (χ4v) is 5.57. The second kappa shape index (κ2) is 8.80. The summed E-state index contributed by atoms with van der Waals surface area (Å²) < 4.78 is 0. The summed E-state index contributed by atoms with van der Waals surface area (Å²) in [5.41, 5.74) is 14.1. The van der Waals surface area contributed by atoms with E-state index in [1.165, 1.54) is 22.3 Å². The van der Waals surface area contributed by atoms with E-state index in [1.54, 1.807) is 0 Å². The number of benzene rings is 3. The molecule has 3 aromatic carbocycles. The van der Waals surface area contributed by atoms with Crippen molar-refractivity contribution in [1.29, 1.82) is 0 Å². The highest BCUT2D eigenvalue weighted by atomic mass is 16.3. The Morgan fingerprint density at radius 2 is 1.88 bits per heavy atom. The molecular formula is C28H29N5O. The Morgan fingerprint density at radius 1 is 1.03 bits per heavy atom. The van der Waals surface area contributed by atoms with Gasteiger partial charge in [-0.15, -0.1) is 0 Å². The van der Waals surface area contributed by atoms with Crippen molar-refractivity contribution in [3.63, 3.8) is 0 Å². The van der Waals surface area contributed by atoms with Crippen LogP contribution in [-0.2, 0) is 13.1 Å². The van der Waals surface area contributed by atoms with E-state index in [0.29, 0.717) is 5.95 Å². The van der Waals surface area contributed by atoms with Crippen molar-refractivity contribution in [2.45, 2.75) is 38.0 Å². The van der Waals surface area contributed by atoms with Gasteiger partial charge >= 0.3 is 0 Å². The molecule has 0 radical (unpaired) electrons. The Hall–Kier alpha value is -3.32. The molecule has 4 N–H and O–H groups in total. The van der Waals surface area contributed by atoms with Crippen LogP contribution in [0.3, 0.4) is 0 Å². The number of aliphatic hydroxyl groups is 1. The maximum Gasteiger partial charge on any atom is 0.220 e. The predicted molar refractivity (Wildman–Crippen MR) is 135 cm³/mol. The van der Waals surface area contributed by atoms with Crippen molar-refractivity contribution >= 4 is 16.9 Å². The topological polar surface area (TPSA) is 87.3 Å². The van der Waals surface area contributed by atoms with Gasteiger partial charge in [0, 0.05) is 24.5 Å². The summed E-state index contributed by atoms with van der Waals surface area (Å²) in [5.74, 6) is 0.297. The van der Waals surface area contributed by atoms with Gasteiger partial charge in [0.15, 0.2) is 0 Å². The minimum absolute atomic E-state index is 0.00981. The van der Waals surface area contributed by atoms with E-state index in [2.05, 4.69) is 81.9 Å². The highest BCUT2D eigenvalue weighted by molar-refractivity contribution is 5.88. The van der Waals surface area contributed by atoms with Gasteiger partial charge in [-0.3, -0.25) is 4.90 Å². The number of likely N-dealkylation sites (tertiary alicyclic amines) is 1. The van der Waals surface area contributed by atoms with Gasteiger partial charge in [-0.1, -0.05) is 54.6 Å². The van der Waals surface area contributed by atoms with Gasteiger partial charge in [-0.25, -0.2) is 9.97 Å². The molecule has 0 aliphatic carbocycles. The Labute approximate surface area is 199 Å². The first-order chi connectivity index (χ1) is 16.7. The molecule has 0 bridgehead atoms. The predicted octanol–water partition coefficient (Wildman–Crippen LogP) is 4.03. The number of nitrogens with zero attached hydrogens (tertiary/aromatic N) is 3. The van der Waals surface area contributed by atoms with E-state index < -0.39 is 0 Å². The second-order valence-electron chi connectivity index (χ2n) is 9.32. The zero-order valence-corrected chi connectivity index (χ0v) is 19.1. The molecule has 4 aromatic rings. The molecule has 2 aliphatic heterocycles. The van der Waals surface area contributed by atoms with Gasteiger partial charge in [0.2, 0.25) is 5.95 Å². The van der Waals surface area contributed by atoms with E-state index in [1.807, 2.05) is 0 Å². The maximum absolute atomic E-state index is 9.77. The van der Waals surface area contributed by atoms with Crippen molar-refractivity contribution in [2.75, 3.05) is 18.9 Å². The van der Waals surface area contributed by atoms with Crippen LogP contribution in [0.2, 0.25) is 0 Å². The molecule has 0 spiro atoms. The Morgan fingerprint density at radius 3 is 2.79 bits per heavy atom. The molecule has 2 atom stereocenters. The number of anilines is 1. The molecule has 2 unspecified atom stereocenters. The SMILES string of the molecule is Nc1nc(C2NCc3ccccc32)c2cc(-c3ccccc3CN3CCCC3CO)ccc2n1. The van der Waals surface area contributed by atoms with Crippen molar-refractivity contribution in [3.05, 3.63) is 89.1 Å². The summed E-state index contributed by atoms with van der Waals surface area (Å²) >= 11 is 0. The standard InChI is InChI=1S/C28H29N5O/c29-28-31-25-12-11-18(22-9-3-2-7-20(22)16-33-13-5-8-21(33)17-34)14-24(25)27(32-28)26-23-10-4-1-6-19(23)15-30-26/h1-4,6-7,9-12,14,21,26,30,34H,5,8,13,15-17H2,(H2,29,31,32). The number of nitrogens with one attached hydrogen (secondary N) is 1. The summed E-state index contributed by atoms with van der Waals surface area (Å²) in [5, 5.41) is 14.4. The third-order valence-electron chi connectivity index (χ3n) is 7.29. The lowest BCUT2D eigenvalue weighted by atomic mass is 9.95. The minimum atomic E-state index is -0.00981. The Bertz CT molecular complexity index is 1350. The van der Waals surface area contributed by atoms with E-state index >= 15 is 0 Å². The van der Waals surface area contributed by atoms with E-state index in [0.717, 1.165) is 54.6 Å². The molecular weight excluding hydrogens is 422 g/mol. The number of nitrogens with two attached hydrogens (primary N) is 1. The molecule has 1 saturated heterocycles. The number of aliphatic hydroxyl groups excluding tert-OH is 1. The lowest BCUT2D eigenvalue weighted by Gasteiger charge is -2.24. The van der Waals surface area contributed by atoms with Crippen LogP contribution < -0.4 is 11.1 Å². The first-order valence-electron chi connectivity index (χ1n) is 12.0. The number of hydrogen-bond donors (Lipinski definition) is 3. The molecule has 2 aliphatic rings. The molecule has 0 amide bonds. The number of fused-ring (bicyclic) bond motifs is 2. The summed E-state index contributed by atoms with van der Waals surface area (Å²) in [6.45, 7) is 2.90. The number of aromatic nitrogens is 2. The first kappa shape index (κ1) is 21.2. The molecule has 6 heteroatoms. The zero-order valence-electron chi connectivity index (χ0n) is 19.1. The molecule has 6 nitrogen and oxygen atoms in total. The molecule has 1 aromatic heterocycles. The lowest BCUT2D eigenvalue weighted by Crippen LogP contribution is -2.31. The van der Waals surface area contributed by atoms with Crippen LogP contribution >= 0.6 is 0 Å². The fraction of sp³-hybridized carbons (Fsp3) is 0.286. The van der Waals surface area contributed by atoms with Crippen LogP contribution in [0.25, 0.3) is 22.0 Å². The lowest BCUT2D eigenvalue weighted by molar-refractivity contribution is 0.154. The fourth-order valence-electron chi connectivity index (χ4n) is 5.57. The first-order valence-corrected chi connectivity index (χ1v) is 12.0. The third-order valence-corrected chi connectivity index (χ3v) is 7.29. The number of hydrogen-bond acceptors (Lipinski definition) is 6. The van der Waals surface area contributed by atoms with Crippen LogP contribution in [-0.4, -0.2) is 39.2 Å². The normalized spacial score (nSPS) is 20.1. The monoisotopic (exact) mass is 451 g/mol. The van der Waals surface area contributed by atoms with Gasteiger partial charge < -0.3 is 16.2 Å². The van der Waals surface area contributed by atoms with E-state index in [-0.39, 0.29) is 18.7 Å². The highest BCUT2D eigenvalue weighted by Crippen LogP contribution is 2.36. The summed E-state index contributed by atoms with van der Waals surface area (Å²) in [4.78, 5) is 11.6. The van der Waals surface area contributed by atoms with Crippen LogP contribution in [0.15, 0.2) is 66.7 Å². The van der Waals surface area contributed by atoms with Crippen molar-refractivity contribution in [2.24, 2.45) is 0 Å². The van der Waals surface area contributed by atoms with Crippen molar-refractivity contribution < 1.29 is 5.11 Å². The number of rotatable bonds is 5. The van der Waals surface area contributed by atoms with Crippen molar-refractivity contribution in [1.82, 2.24) is 20.2 Å². The van der Waals surface area contributed by atoms with E-state index in [9.17, 15) is 5.11 Å². The molecule has 34 heavy (non-hydrogen) atoms. The summed E-state index contributed by atoms with van der Waals surface area (Å²) in [6.07, 6.45) is 2.20. The average Bonchev–Trinajstić information content (AvgIpc) is 3.50. The van der Waals surface area contributed by atoms with Crippen LogP contribution in [0.4, 0.5) is 5.95 Å². The average molecular weight is 452 g/mol. The van der Waals surface area contributed by atoms with Gasteiger partial charge in [0.25, 0.3) is 0 Å². The van der Waals surface area contributed by atoms with Gasteiger partial charge in [-0.05, 0) is 59.3 Å². The maximum atomic E-state index is 9.77. The summed E-state index contributed by atoms with van der Waals surface area (Å²) in [6, 6.07) is 23.7. The molecule has 3 heterocycles. The van der Waals surface area contributed by atoms with Crippen molar-refractivity contribution in [3.8, 4) is 11.1 Å². The van der Waals surface area contributed by atoms with Gasteiger partial charge in [-0.2, -0.15) is 0 Å². The van der Waals surface area contributed by atoms with Gasteiger partial charge in [0.05, 0.1) is 23.9 Å². The van der Waals surface area contributed by atoms with Crippen LogP contribution in [0.1, 0.15) is 41.3 Å². The third kappa shape index (κ3) is 3.74. The number of nitrogen functional groups attached to an aromatic ring is 1. The van der Waals surface area contributed by atoms with Crippen LogP contribution in [0, 0.1) is 0 Å². The van der Waals surface area contributed by atoms with Crippen LogP contribution in [0.5, 0.6) is 0 Å². The molecule has 172 valence electrons.